The summed E-state index contributed by atoms with van der Waals surface area (Å²) in [5.41, 5.74) is -2.15. The first-order valence-electron chi connectivity index (χ1n) is 10.9. The second-order valence-corrected chi connectivity index (χ2v) is 10.3. The van der Waals surface area contributed by atoms with Crippen LogP contribution >= 0.6 is 11.8 Å². The van der Waals surface area contributed by atoms with E-state index in [9.17, 15) is 27.5 Å². The van der Waals surface area contributed by atoms with Crippen molar-refractivity contribution in [1.29, 1.82) is 0 Å². The minimum absolute atomic E-state index is 0.0614. The number of halogens is 4. The highest BCUT2D eigenvalue weighted by atomic mass is 32.2. The maximum Gasteiger partial charge on any atom is 0.417 e. The number of pyridine rings is 1. The SMILES string of the molecule is CC(C)Nc1cc(C(F)(F)F)c(C2=C(C(=O)N3CCC(F)CC3)N(CC(C)(C)O)CS2)cn1. The normalized spacial score (nSPS) is 18.5. The molecule has 0 radical (unpaired) electrons. The molecule has 2 N–H and O–H groups in total. The van der Waals surface area contributed by atoms with Gasteiger partial charge in [0.05, 0.1) is 17.0 Å². The number of thioether (sulfide) groups is 1. The maximum absolute atomic E-state index is 14.0. The Labute approximate surface area is 195 Å². The fraction of sp³-hybridized carbons (Fsp3) is 0.636. The first-order valence-corrected chi connectivity index (χ1v) is 11.9. The molecular weight excluding hydrogens is 460 g/mol. The Morgan fingerprint density at radius 3 is 2.48 bits per heavy atom. The number of piperidine rings is 1. The third-order valence-electron chi connectivity index (χ3n) is 5.28. The molecule has 0 aromatic carbocycles. The molecule has 1 amide bonds. The molecule has 0 atom stereocenters. The van der Waals surface area contributed by atoms with Crippen molar-refractivity contribution in [2.75, 3.05) is 30.8 Å². The van der Waals surface area contributed by atoms with Crippen LogP contribution in [0.15, 0.2) is 18.0 Å². The average molecular weight is 491 g/mol. The van der Waals surface area contributed by atoms with Crippen molar-refractivity contribution in [3.05, 3.63) is 29.1 Å². The number of hydrogen-bond acceptors (Lipinski definition) is 6. The number of nitrogens with one attached hydrogen (secondary N) is 1. The van der Waals surface area contributed by atoms with Gasteiger partial charge in [0, 0.05) is 42.3 Å². The minimum Gasteiger partial charge on any atom is -0.389 e. The molecule has 0 aliphatic carbocycles. The van der Waals surface area contributed by atoms with E-state index in [4.69, 9.17) is 0 Å². The molecule has 11 heteroatoms. The van der Waals surface area contributed by atoms with Crippen LogP contribution < -0.4 is 5.32 Å². The summed E-state index contributed by atoms with van der Waals surface area (Å²) in [7, 11) is 0. The van der Waals surface area contributed by atoms with E-state index in [1.165, 1.54) is 4.90 Å². The smallest absolute Gasteiger partial charge is 0.389 e. The molecule has 3 heterocycles. The van der Waals surface area contributed by atoms with Crippen molar-refractivity contribution < 1.29 is 27.5 Å². The molecule has 0 spiro atoms. The van der Waals surface area contributed by atoms with Gasteiger partial charge in [-0.05, 0) is 46.6 Å². The summed E-state index contributed by atoms with van der Waals surface area (Å²) in [6, 6.07) is 0.848. The maximum atomic E-state index is 14.0. The molecule has 6 nitrogen and oxygen atoms in total. The van der Waals surface area contributed by atoms with Gasteiger partial charge >= 0.3 is 6.18 Å². The van der Waals surface area contributed by atoms with Crippen LogP contribution in [0, 0.1) is 0 Å². The number of anilines is 1. The molecule has 2 aliphatic rings. The number of carbonyl (C=O) groups is 1. The number of carbonyl (C=O) groups excluding carboxylic acids is 1. The lowest BCUT2D eigenvalue weighted by molar-refractivity contribution is -0.138. The predicted molar refractivity (Wildman–Crippen MR) is 121 cm³/mol. The highest BCUT2D eigenvalue weighted by Crippen LogP contribution is 2.45. The molecule has 1 fully saturated rings. The Balaban J connectivity index is 2.10. The van der Waals surface area contributed by atoms with E-state index in [-0.39, 0.29) is 66.4 Å². The molecule has 0 unspecified atom stereocenters. The Kier molecular flexibility index (Phi) is 7.52. The lowest BCUT2D eigenvalue weighted by Crippen LogP contribution is -2.45. The van der Waals surface area contributed by atoms with Crippen molar-refractivity contribution >= 4 is 28.4 Å². The highest BCUT2D eigenvalue weighted by molar-refractivity contribution is 8.08. The summed E-state index contributed by atoms with van der Waals surface area (Å²) < 4.78 is 55.7. The van der Waals surface area contributed by atoms with Crippen LogP contribution in [0.1, 0.15) is 51.7 Å². The van der Waals surface area contributed by atoms with Crippen molar-refractivity contribution in [2.45, 2.75) is 64.5 Å². The van der Waals surface area contributed by atoms with Gasteiger partial charge in [-0.25, -0.2) is 9.37 Å². The standard InChI is InChI=1S/C22H30F4N4O2S/c1-13(2)28-17-9-16(22(24,25)26)15(10-27-17)19-18(30(12-33-19)11-21(3,4)32)20(31)29-7-5-14(23)6-8-29/h9-10,13-14,32H,5-8,11-12H2,1-4H3,(H,27,28). The zero-order valence-corrected chi connectivity index (χ0v) is 20.0. The number of aromatic nitrogens is 1. The Morgan fingerprint density at radius 1 is 1.30 bits per heavy atom. The van der Waals surface area contributed by atoms with Gasteiger partial charge in [-0.3, -0.25) is 4.79 Å². The van der Waals surface area contributed by atoms with Crippen molar-refractivity contribution in [2.24, 2.45) is 0 Å². The number of nitrogens with zero attached hydrogens (tertiary/aromatic N) is 3. The quantitative estimate of drug-likeness (QED) is 0.579. The molecule has 2 aliphatic heterocycles. The molecule has 184 valence electrons. The van der Waals surface area contributed by atoms with Crippen LogP contribution in [-0.4, -0.2) is 69.1 Å². The highest BCUT2D eigenvalue weighted by Gasteiger charge is 2.41. The second-order valence-electron chi connectivity index (χ2n) is 9.34. The van der Waals surface area contributed by atoms with Gasteiger partial charge in [-0.15, -0.1) is 11.8 Å². The Bertz CT molecular complexity index is 907. The van der Waals surface area contributed by atoms with E-state index in [1.807, 2.05) is 0 Å². The van der Waals surface area contributed by atoms with Crippen molar-refractivity contribution in [3.63, 3.8) is 0 Å². The van der Waals surface area contributed by atoms with Crippen molar-refractivity contribution in [1.82, 2.24) is 14.8 Å². The van der Waals surface area contributed by atoms with Crippen LogP contribution in [0.2, 0.25) is 0 Å². The van der Waals surface area contributed by atoms with Gasteiger partial charge in [0.2, 0.25) is 0 Å². The van der Waals surface area contributed by atoms with Gasteiger partial charge < -0.3 is 20.2 Å². The topological polar surface area (TPSA) is 68.7 Å². The minimum atomic E-state index is -4.66. The van der Waals surface area contributed by atoms with E-state index >= 15 is 0 Å². The van der Waals surface area contributed by atoms with Gasteiger partial charge in [-0.1, -0.05) is 0 Å². The number of hydrogen-bond donors (Lipinski definition) is 2. The number of alkyl halides is 4. The van der Waals surface area contributed by atoms with Crippen LogP contribution in [0.25, 0.3) is 4.91 Å². The zero-order valence-electron chi connectivity index (χ0n) is 19.2. The second kappa shape index (κ2) is 9.69. The summed E-state index contributed by atoms with van der Waals surface area (Å²) in [5, 5.41) is 13.2. The van der Waals surface area contributed by atoms with E-state index in [2.05, 4.69) is 10.3 Å². The Hall–Kier alpha value is -2.01. The first kappa shape index (κ1) is 25.6. The van der Waals surface area contributed by atoms with Gasteiger partial charge in [0.1, 0.15) is 17.7 Å². The van der Waals surface area contributed by atoms with E-state index in [0.29, 0.717) is 0 Å². The molecule has 3 rings (SSSR count). The summed E-state index contributed by atoms with van der Waals surface area (Å²) in [5.74, 6) is -0.150. The zero-order chi connectivity index (χ0) is 24.6. The fourth-order valence-corrected chi connectivity index (χ4v) is 5.07. The van der Waals surface area contributed by atoms with Gasteiger partial charge in [-0.2, -0.15) is 13.2 Å². The molecule has 0 bridgehead atoms. The molecule has 1 saturated heterocycles. The number of amides is 1. The third-order valence-corrected chi connectivity index (χ3v) is 6.42. The lowest BCUT2D eigenvalue weighted by Gasteiger charge is -2.33. The molecule has 1 aromatic rings. The number of aliphatic hydroxyl groups is 1. The van der Waals surface area contributed by atoms with E-state index in [0.717, 1.165) is 24.0 Å². The van der Waals surface area contributed by atoms with Crippen LogP contribution in [0.5, 0.6) is 0 Å². The molecule has 0 saturated carbocycles. The van der Waals surface area contributed by atoms with Gasteiger partial charge in [0.15, 0.2) is 0 Å². The average Bonchev–Trinajstić information content (AvgIpc) is 3.08. The van der Waals surface area contributed by atoms with E-state index < -0.39 is 29.4 Å². The first-order chi connectivity index (χ1) is 15.3. The van der Waals surface area contributed by atoms with Gasteiger partial charge in [0.25, 0.3) is 5.91 Å². The van der Waals surface area contributed by atoms with Crippen LogP contribution in [-0.2, 0) is 11.0 Å². The van der Waals surface area contributed by atoms with E-state index in [1.54, 1.807) is 32.6 Å². The van der Waals surface area contributed by atoms with Crippen LogP contribution in [0.3, 0.4) is 0 Å². The summed E-state index contributed by atoms with van der Waals surface area (Å²) in [6.07, 6.45) is -4.13. The van der Waals surface area contributed by atoms with Crippen molar-refractivity contribution in [3.8, 4) is 0 Å². The van der Waals surface area contributed by atoms with Crippen LogP contribution in [0.4, 0.5) is 23.4 Å². The number of rotatable bonds is 6. The summed E-state index contributed by atoms with van der Waals surface area (Å²) in [6.45, 7) is 7.18. The number of likely N-dealkylation sites (tertiary alicyclic amines) is 1. The Morgan fingerprint density at radius 2 is 1.94 bits per heavy atom. The predicted octanol–water partition coefficient (Wildman–Crippen LogP) is 4.33. The lowest BCUT2D eigenvalue weighted by atomic mass is 10.0. The molecular formula is C22H30F4N4O2S. The monoisotopic (exact) mass is 490 g/mol. The fourth-order valence-electron chi connectivity index (χ4n) is 3.89. The third kappa shape index (κ3) is 6.32. The summed E-state index contributed by atoms with van der Waals surface area (Å²) >= 11 is 1.11. The largest absolute Gasteiger partial charge is 0.417 e. The molecule has 33 heavy (non-hydrogen) atoms. The summed E-state index contributed by atoms with van der Waals surface area (Å²) in [4.78, 5) is 20.9. The molecule has 1 aromatic heterocycles. The number of β-amino-alcohol motifs (C(OH)–C–C–N with tert-alkyl or cyclic N) is 1.